The third-order valence-electron chi connectivity index (χ3n) is 9.03. The van der Waals surface area contributed by atoms with Crippen LogP contribution < -0.4 is 0 Å². The Kier molecular flexibility index (Phi) is 17.6. The molecule has 0 aliphatic carbocycles. The van der Waals surface area contributed by atoms with Crippen molar-refractivity contribution in [2.75, 3.05) is 0 Å². The summed E-state index contributed by atoms with van der Waals surface area (Å²) in [6, 6.07) is 31.5. The number of fused-ring (bicyclic) bond motifs is 4. The summed E-state index contributed by atoms with van der Waals surface area (Å²) in [5, 5.41) is 6.39. The summed E-state index contributed by atoms with van der Waals surface area (Å²) in [4.78, 5) is 17.0. The van der Waals surface area contributed by atoms with E-state index in [9.17, 15) is 0 Å². The normalized spacial score (nSPS) is 10.1. The van der Waals surface area contributed by atoms with Crippen molar-refractivity contribution in [3.63, 3.8) is 0 Å². The average Bonchev–Trinajstić information content (AvgIpc) is 3.25. The van der Waals surface area contributed by atoms with E-state index in [1.165, 1.54) is 71.4 Å². The first-order valence-electron chi connectivity index (χ1n) is 19.3. The number of aryl methyl sites for hydroxylation is 6. The van der Waals surface area contributed by atoms with Gasteiger partial charge in [0, 0.05) is 41.8 Å². The van der Waals surface area contributed by atoms with Crippen LogP contribution in [0.5, 0.6) is 0 Å². The Bertz CT molecular complexity index is 2160. The van der Waals surface area contributed by atoms with Gasteiger partial charge in [0.15, 0.2) is 0 Å². The molecule has 0 unspecified atom stereocenters. The van der Waals surface area contributed by atoms with Crippen LogP contribution in [0.1, 0.15) is 79.1 Å². The van der Waals surface area contributed by atoms with Crippen LogP contribution in [0.15, 0.2) is 135 Å². The fourth-order valence-corrected chi connectivity index (χ4v) is 6.10. The molecule has 0 saturated heterocycles. The van der Waals surface area contributed by atoms with Gasteiger partial charge >= 0.3 is 0 Å². The molecular formula is C51H58N4. The molecule has 4 heteroatoms. The molecule has 4 nitrogen and oxygen atoms in total. The minimum Gasteiger partial charge on any atom is -0.264 e. The Balaban J connectivity index is 0.000000192. The van der Waals surface area contributed by atoms with Gasteiger partial charge in [0.2, 0.25) is 0 Å². The molecule has 3 heterocycles. The standard InChI is InChI=1S/C15H14.2C11H11N.C10H10N2.2C2H6/c1-3-7-14-12(4-2)10-11-13-8-5-6-9-15(13)14;1-8-3-4-9(2)11-7-12-6-5-10(8)11;1-8-5-6-9(2)11-10(8)4-3-7-12-11;1-7-3-4-8(2)10-9(7)11-5-6-12-10;2*1-2/h3-11H,2H2,1H3;2*3-7H,1-2H3;3-6H,1-2H3;2*1-2H3/b7-3-;;;;;. The highest BCUT2D eigenvalue weighted by Crippen LogP contribution is 2.25. The summed E-state index contributed by atoms with van der Waals surface area (Å²) in [5.41, 5.74) is 13.1. The molecular weight excluding hydrogens is 669 g/mol. The molecule has 0 aliphatic rings. The van der Waals surface area contributed by atoms with Crippen molar-refractivity contribution < 1.29 is 0 Å². The van der Waals surface area contributed by atoms with Crippen molar-refractivity contribution in [2.45, 2.75) is 76.2 Å². The van der Waals surface area contributed by atoms with E-state index in [0.29, 0.717) is 0 Å². The van der Waals surface area contributed by atoms with Gasteiger partial charge in [-0.3, -0.25) is 19.9 Å². The van der Waals surface area contributed by atoms with Gasteiger partial charge in [0.1, 0.15) is 0 Å². The topological polar surface area (TPSA) is 51.6 Å². The summed E-state index contributed by atoms with van der Waals surface area (Å²) >= 11 is 0. The Labute approximate surface area is 329 Å². The quantitative estimate of drug-likeness (QED) is 0.178. The fourth-order valence-electron chi connectivity index (χ4n) is 6.10. The first-order chi connectivity index (χ1) is 26.7. The highest BCUT2D eigenvalue weighted by Gasteiger charge is 2.03. The van der Waals surface area contributed by atoms with Gasteiger partial charge in [0.25, 0.3) is 0 Å². The summed E-state index contributed by atoms with van der Waals surface area (Å²) in [5.74, 6) is 0. The first kappa shape index (κ1) is 43.4. The summed E-state index contributed by atoms with van der Waals surface area (Å²) < 4.78 is 0. The Hall–Kier alpha value is -6.00. The van der Waals surface area contributed by atoms with Gasteiger partial charge < -0.3 is 0 Å². The minimum atomic E-state index is 1.01. The van der Waals surface area contributed by atoms with Crippen LogP contribution in [0.25, 0.3) is 55.6 Å². The number of pyridine rings is 2. The molecule has 0 spiro atoms. The van der Waals surface area contributed by atoms with E-state index in [1.54, 1.807) is 12.4 Å². The number of benzene rings is 5. The van der Waals surface area contributed by atoms with E-state index in [1.807, 2.05) is 65.4 Å². The van der Waals surface area contributed by atoms with Crippen molar-refractivity contribution in [2.24, 2.45) is 0 Å². The third kappa shape index (κ3) is 11.3. The number of hydrogen-bond donors (Lipinski definition) is 0. The maximum Gasteiger partial charge on any atom is 0.0918 e. The van der Waals surface area contributed by atoms with E-state index < -0.39 is 0 Å². The molecule has 5 aromatic carbocycles. The second kappa shape index (κ2) is 22.3. The van der Waals surface area contributed by atoms with Crippen molar-refractivity contribution in [1.29, 1.82) is 0 Å². The largest absolute Gasteiger partial charge is 0.264 e. The highest BCUT2D eigenvalue weighted by molar-refractivity contribution is 5.94. The molecule has 0 aliphatic heterocycles. The monoisotopic (exact) mass is 726 g/mol. The molecule has 0 saturated carbocycles. The second-order valence-electron chi connectivity index (χ2n) is 12.7. The zero-order valence-electron chi connectivity index (χ0n) is 34.8. The number of hydrogen-bond acceptors (Lipinski definition) is 4. The maximum absolute atomic E-state index is 4.34. The Morgan fingerprint density at radius 1 is 0.455 bits per heavy atom. The summed E-state index contributed by atoms with van der Waals surface area (Å²) in [6.07, 6.45) is 15.2. The lowest BCUT2D eigenvalue weighted by atomic mass is 9.98. The van der Waals surface area contributed by atoms with Crippen molar-refractivity contribution in [1.82, 2.24) is 19.9 Å². The van der Waals surface area contributed by atoms with Crippen molar-refractivity contribution in [3.05, 3.63) is 179 Å². The molecule has 0 fully saturated rings. The maximum atomic E-state index is 4.34. The molecule has 0 amide bonds. The van der Waals surface area contributed by atoms with Crippen LogP contribution in [-0.2, 0) is 0 Å². The highest BCUT2D eigenvalue weighted by atomic mass is 14.8. The van der Waals surface area contributed by atoms with E-state index in [2.05, 4.69) is 165 Å². The van der Waals surface area contributed by atoms with Gasteiger partial charge in [-0.1, -0.05) is 131 Å². The average molecular weight is 727 g/mol. The number of allylic oxidation sites excluding steroid dienone is 1. The minimum absolute atomic E-state index is 1.01. The predicted octanol–water partition coefficient (Wildman–Crippen LogP) is 14.5. The smallest absolute Gasteiger partial charge is 0.0918 e. The molecule has 0 N–H and O–H groups in total. The lowest BCUT2D eigenvalue weighted by Crippen LogP contribution is -1.88. The number of nitrogens with zero attached hydrogens (tertiary/aromatic N) is 4. The zero-order valence-corrected chi connectivity index (χ0v) is 34.8. The lowest BCUT2D eigenvalue weighted by Gasteiger charge is -2.06. The van der Waals surface area contributed by atoms with E-state index >= 15 is 0 Å². The van der Waals surface area contributed by atoms with Gasteiger partial charge in [0.05, 0.1) is 16.6 Å². The number of rotatable bonds is 2. The van der Waals surface area contributed by atoms with Gasteiger partial charge in [-0.05, 0) is 121 Å². The SMILES string of the molecule is C=Cc1ccc2ccccc2c1/C=C\C.CC.CC.Cc1ccc(C)c2cnccc12.Cc1ccc(C)c2ncccc12.Cc1ccc(C)c2nccnc12. The fraction of sp³-hybridized carbons (Fsp3) is 0.216. The second-order valence-corrected chi connectivity index (χ2v) is 12.7. The Morgan fingerprint density at radius 3 is 1.53 bits per heavy atom. The molecule has 8 rings (SSSR count). The lowest BCUT2D eigenvalue weighted by molar-refractivity contribution is 1.25. The van der Waals surface area contributed by atoms with Crippen LogP contribution >= 0.6 is 0 Å². The summed E-state index contributed by atoms with van der Waals surface area (Å²) in [6.45, 7) is 26.4. The zero-order chi connectivity index (χ0) is 40.3. The van der Waals surface area contributed by atoms with E-state index in [0.717, 1.165) is 16.6 Å². The first-order valence-corrected chi connectivity index (χ1v) is 19.3. The summed E-state index contributed by atoms with van der Waals surface area (Å²) in [7, 11) is 0. The third-order valence-corrected chi connectivity index (χ3v) is 9.03. The van der Waals surface area contributed by atoms with Gasteiger partial charge in [-0.15, -0.1) is 0 Å². The molecule has 0 bridgehead atoms. The van der Waals surface area contributed by atoms with Crippen LogP contribution in [0, 0.1) is 41.5 Å². The van der Waals surface area contributed by atoms with Gasteiger partial charge in [-0.25, -0.2) is 0 Å². The number of aromatic nitrogens is 4. The van der Waals surface area contributed by atoms with Crippen LogP contribution in [-0.4, -0.2) is 19.9 Å². The van der Waals surface area contributed by atoms with Crippen LogP contribution in [0.2, 0.25) is 0 Å². The van der Waals surface area contributed by atoms with Crippen molar-refractivity contribution in [3.8, 4) is 0 Å². The Morgan fingerprint density at radius 2 is 0.964 bits per heavy atom. The van der Waals surface area contributed by atoms with E-state index in [4.69, 9.17) is 0 Å². The van der Waals surface area contributed by atoms with E-state index in [-0.39, 0.29) is 0 Å². The van der Waals surface area contributed by atoms with Gasteiger partial charge in [-0.2, -0.15) is 0 Å². The molecule has 0 radical (unpaired) electrons. The molecule has 282 valence electrons. The molecule has 8 aromatic rings. The molecule has 0 atom stereocenters. The predicted molar refractivity (Wildman–Crippen MR) is 243 cm³/mol. The van der Waals surface area contributed by atoms with Crippen molar-refractivity contribution >= 4 is 55.6 Å². The van der Waals surface area contributed by atoms with Crippen LogP contribution in [0.3, 0.4) is 0 Å². The molecule has 3 aromatic heterocycles. The molecule has 55 heavy (non-hydrogen) atoms. The van der Waals surface area contributed by atoms with Crippen LogP contribution in [0.4, 0.5) is 0 Å².